The van der Waals surface area contributed by atoms with E-state index in [0.717, 1.165) is 16.9 Å². The average Bonchev–Trinajstić information content (AvgIpc) is 2.80. The normalized spacial score (nSPS) is 16.8. The van der Waals surface area contributed by atoms with Crippen molar-refractivity contribution in [3.05, 3.63) is 66.0 Å². The summed E-state index contributed by atoms with van der Waals surface area (Å²) in [6, 6.07) is 11.1. The van der Waals surface area contributed by atoms with Crippen molar-refractivity contribution in [2.75, 3.05) is 33.3 Å². The number of amides is 2. The van der Waals surface area contributed by atoms with Crippen LogP contribution in [0.25, 0.3) is 6.08 Å². The molecule has 1 saturated heterocycles. The molecule has 1 aliphatic heterocycles. The summed E-state index contributed by atoms with van der Waals surface area (Å²) in [7, 11) is 1.65. The van der Waals surface area contributed by atoms with E-state index in [9.17, 15) is 9.59 Å². The zero-order valence-corrected chi connectivity index (χ0v) is 18.2. The zero-order valence-electron chi connectivity index (χ0n) is 18.2. The summed E-state index contributed by atoms with van der Waals surface area (Å²) in [6.07, 6.45) is 7.61. The number of pyridine rings is 1. The van der Waals surface area contributed by atoms with Gasteiger partial charge in [-0.25, -0.2) is 0 Å². The molecule has 2 amide bonds. The van der Waals surface area contributed by atoms with Crippen LogP contribution in [0, 0.1) is 0 Å². The highest BCUT2D eigenvalue weighted by atomic mass is 16.5. The summed E-state index contributed by atoms with van der Waals surface area (Å²) in [6.45, 7) is 4.92. The van der Waals surface area contributed by atoms with Gasteiger partial charge in [0.25, 0.3) is 0 Å². The summed E-state index contributed by atoms with van der Waals surface area (Å²) < 4.78 is 5.38. The van der Waals surface area contributed by atoms with Gasteiger partial charge in [0.1, 0.15) is 5.75 Å². The molecule has 0 radical (unpaired) electrons. The molecule has 164 valence electrons. The molecule has 7 heteroatoms. The first kappa shape index (κ1) is 22.5. The fourth-order valence-electron chi connectivity index (χ4n) is 3.70. The number of carbonyl (C=O) groups excluding carboxylic acids is 2. The number of hydrogen-bond acceptors (Lipinski definition) is 5. The molecule has 31 heavy (non-hydrogen) atoms. The van der Waals surface area contributed by atoms with E-state index in [1.54, 1.807) is 24.4 Å². The number of methoxy groups -OCH3 is 1. The molecule has 0 saturated carbocycles. The molecular weight excluding hydrogens is 392 g/mol. The van der Waals surface area contributed by atoms with Crippen LogP contribution in [0.2, 0.25) is 0 Å². The van der Waals surface area contributed by atoms with Gasteiger partial charge < -0.3 is 15.0 Å². The summed E-state index contributed by atoms with van der Waals surface area (Å²) in [4.78, 5) is 33.4. The molecule has 1 aromatic heterocycles. The van der Waals surface area contributed by atoms with Gasteiger partial charge in [0.05, 0.1) is 19.6 Å². The second kappa shape index (κ2) is 11.3. The molecule has 0 bridgehead atoms. The second-order valence-electron chi connectivity index (χ2n) is 7.41. The molecule has 2 aromatic rings. The fourth-order valence-corrected chi connectivity index (χ4v) is 3.70. The van der Waals surface area contributed by atoms with Crippen LogP contribution in [-0.2, 0) is 16.1 Å². The first-order valence-electron chi connectivity index (χ1n) is 10.6. The molecule has 0 spiro atoms. The summed E-state index contributed by atoms with van der Waals surface area (Å²) in [5.74, 6) is 0.682. The van der Waals surface area contributed by atoms with Crippen LogP contribution in [0.4, 0.5) is 0 Å². The van der Waals surface area contributed by atoms with Crippen LogP contribution < -0.4 is 10.1 Å². The highest BCUT2D eigenvalue weighted by Crippen LogP contribution is 2.19. The monoisotopic (exact) mass is 422 g/mol. The van der Waals surface area contributed by atoms with Crippen molar-refractivity contribution >= 4 is 17.9 Å². The largest absolute Gasteiger partial charge is 0.496 e. The molecule has 1 atom stereocenters. The first-order valence-corrected chi connectivity index (χ1v) is 10.6. The van der Waals surface area contributed by atoms with Crippen molar-refractivity contribution in [1.29, 1.82) is 0 Å². The van der Waals surface area contributed by atoms with Crippen molar-refractivity contribution < 1.29 is 14.3 Å². The number of carbonyl (C=O) groups is 2. The number of nitrogens with zero attached hydrogens (tertiary/aromatic N) is 3. The highest BCUT2D eigenvalue weighted by Gasteiger charge is 2.32. The van der Waals surface area contributed by atoms with E-state index in [0.29, 0.717) is 32.7 Å². The van der Waals surface area contributed by atoms with E-state index in [-0.39, 0.29) is 18.2 Å². The molecular formula is C24H30N4O3. The summed E-state index contributed by atoms with van der Waals surface area (Å²) >= 11 is 0. The van der Waals surface area contributed by atoms with Crippen LogP contribution in [0.15, 0.2) is 54.9 Å². The van der Waals surface area contributed by atoms with Gasteiger partial charge in [-0.2, -0.15) is 0 Å². The van der Waals surface area contributed by atoms with Crippen LogP contribution in [-0.4, -0.2) is 65.9 Å². The Morgan fingerprint density at radius 3 is 2.81 bits per heavy atom. The number of para-hydroxylation sites is 1. The van der Waals surface area contributed by atoms with Crippen LogP contribution in [0.3, 0.4) is 0 Å². The van der Waals surface area contributed by atoms with E-state index >= 15 is 0 Å². The van der Waals surface area contributed by atoms with Gasteiger partial charge >= 0.3 is 0 Å². The minimum absolute atomic E-state index is 0.0277. The van der Waals surface area contributed by atoms with Crippen molar-refractivity contribution in [2.24, 2.45) is 0 Å². The molecule has 1 N–H and O–H groups in total. The Kier molecular flexibility index (Phi) is 8.18. The van der Waals surface area contributed by atoms with Crippen LogP contribution in [0.5, 0.6) is 5.75 Å². The van der Waals surface area contributed by atoms with Gasteiger partial charge in [0.15, 0.2) is 0 Å². The maximum absolute atomic E-state index is 13.0. The first-order chi connectivity index (χ1) is 15.1. The Labute approximate surface area is 183 Å². The lowest BCUT2D eigenvalue weighted by molar-refractivity contribution is -0.138. The Morgan fingerprint density at radius 1 is 1.29 bits per heavy atom. The van der Waals surface area contributed by atoms with Crippen molar-refractivity contribution in [2.45, 2.75) is 25.9 Å². The molecule has 7 nitrogen and oxygen atoms in total. The van der Waals surface area contributed by atoms with Crippen molar-refractivity contribution in [3.8, 4) is 5.75 Å². The lowest BCUT2D eigenvalue weighted by atomic mass is 10.1. The third-order valence-corrected chi connectivity index (χ3v) is 5.44. The highest BCUT2D eigenvalue weighted by molar-refractivity contribution is 5.88. The summed E-state index contributed by atoms with van der Waals surface area (Å²) in [5, 5.41) is 2.90. The van der Waals surface area contributed by atoms with Gasteiger partial charge in [-0.1, -0.05) is 30.4 Å². The molecule has 1 aromatic carbocycles. The predicted octanol–water partition coefficient (Wildman–Crippen LogP) is 2.34. The molecule has 1 aliphatic rings. The fraction of sp³-hybridized carbons (Fsp3) is 0.375. The molecule has 1 unspecified atom stereocenters. The van der Waals surface area contributed by atoms with Crippen LogP contribution in [0.1, 0.15) is 24.5 Å². The molecule has 0 aliphatic carbocycles. The number of rotatable bonds is 9. The van der Waals surface area contributed by atoms with Crippen LogP contribution >= 0.6 is 0 Å². The third kappa shape index (κ3) is 6.15. The van der Waals surface area contributed by atoms with Gasteiger partial charge in [-0.15, -0.1) is 0 Å². The maximum atomic E-state index is 13.0. The van der Waals surface area contributed by atoms with Gasteiger partial charge in [-0.05, 0) is 30.7 Å². The Hall–Kier alpha value is -3.19. The lowest BCUT2D eigenvalue weighted by Gasteiger charge is -2.35. The Morgan fingerprint density at radius 2 is 2.06 bits per heavy atom. The van der Waals surface area contributed by atoms with Crippen molar-refractivity contribution in [1.82, 2.24) is 20.1 Å². The topological polar surface area (TPSA) is 74.8 Å². The lowest BCUT2D eigenvalue weighted by Crippen LogP contribution is -2.56. The van der Waals surface area contributed by atoms with Gasteiger partial charge in [0.2, 0.25) is 11.8 Å². The van der Waals surface area contributed by atoms with Crippen molar-refractivity contribution in [3.63, 3.8) is 0 Å². The van der Waals surface area contributed by atoms with E-state index in [1.165, 1.54) is 0 Å². The Balaban J connectivity index is 1.65. The smallest absolute Gasteiger partial charge is 0.237 e. The quantitative estimate of drug-likeness (QED) is 0.671. The number of hydrogen-bond donors (Lipinski definition) is 1. The SMILES string of the molecule is CCN(Cc1ccncc1)C(=O)CC1C(=O)NCCN1C/C=C/c1ccccc1OC. The Bertz CT molecular complexity index is 901. The maximum Gasteiger partial charge on any atom is 0.237 e. The van der Waals surface area contributed by atoms with Gasteiger partial charge in [0, 0.05) is 50.7 Å². The number of benzene rings is 1. The number of piperazine rings is 1. The number of nitrogens with one attached hydrogen (secondary N) is 1. The number of aromatic nitrogens is 1. The minimum atomic E-state index is -0.477. The molecule has 2 heterocycles. The second-order valence-corrected chi connectivity index (χ2v) is 7.41. The average molecular weight is 423 g/mol. The molecule has 3 rings (SSSR count). The number of ether oxygens (including phenoxy) is 1. The molecule has 1 fully saturated rings. The predicted molar refractivity (Wildman–Crippen MR) is 120 cm³/mol. The van der Waals surface area contributed by atoms with Gasteiger partial charge in [-0.3, -0.25) is 19.5 Å². The van der Waals surface area contributed by atoms with E-state index in [1.807, 2.05) is 55.5 Å². The third-order valence-electron chi connectivity index (χ3n) is 5.44. The summed E-state index contributed by atoms with van der Waals surface area (Å²) in [5.41, 5.74) is 2.00. The standard InChI is InChI=1S/C24H30N4O3/c1-3-27(18-19-10-12-25-13-11-19)23(29)17-21-24(30)26-14-16-28(21)15-6-8-20-7-4-5-9-22(20)31-2/h4-13,21H,3,14-18H2,1-2H3,(H,26,30)/b8-6+. The van der Waals surface area contributed by atoms with E-state index < -0.39 is 6.04 Å². The van der Waals surface area contributed by atoms with E-state index in [4.69, 9.17) is 4.74 Å². The van der Waals surface area contributed by atoms with E-state index in [2.05, 4.69) is 15.2 Å². The minimum Gasteiger partial charge on any atom is -0.496 e. The zero-order chi connectivity index (χ0) is 22.1.